The molecule has 20 heavy (non-hydrogen) atoms. The lowest BCUT2D eigenvalue weighted by atomic mass is 10.1. The molecule has 1 N–H and O–H groups in total. The predicted molar refractivity (Wildman–Crippen MR) is 82.9 cm³/mol. The number of halogens is 1. The van der Waals surface area contributed by atoms with Crippen LogP contribution in [0.15, 0.2) is 59.2 Å². The summed E-state index contributed by atoms with van der Waals surface area (Å²) in [5.41, 5.74) is 3.20. The van der Waals surface area contributed by atoms with Gasteiger partial charge in [0, 0.05) is 28.6 Å². The molecule has 2 nitrogen and oxygen atoms in total. The minimum atomic E-state index is 0.192. The first-order valence-corrected chi connectivity index (χ1v) is 7.06. The van der Waals surface area contributed by atoms with Crippen LogP contribution in [0.25, 0.3) is 11.0 Å². The van der Waals surface area contributed by atoms with E-state index in [1.54, 1.807) is 0 Å². The lowest BCUT2D eigenvalue weighted by Gasteiger charge is -2.15. The van der Waals surface area contributed by atoms with Gasteiger partial charge < -0.3 is 9.73 Å². The van der Waals surface area contributed by atoms with Crippen LogP contribution in [0.2, 0.25) is 5.02 Å². The minimum absolute atomic E-state index is 0.192. The number of para-hydroxylation sites is 1. The summed E-state index contributed by atoms with van der Waals surface area (Å²) in [6.45, 7) is 2.87. The van der Waals surface area contributed by atoms with Gasteiger partial charge >= 0.3 is 0 Å². The summed E-state index contributed by atoms with van der Waals surface area (Å²) in [6.07, 6.45) is 1.82. The van der Waals surface area contributed by atoms with Gasteiger partial charge in [-0.1, -0.05) is 48.0 Å². The molecule has 2 aromatic carbocycles. The molecule has 0 unspecified atom stereocenters. The van der Waals surface area contributed by atoms with Gasteiger partial charge in [0.15, 0.2) is 0 Å². The first-order valence-electron chi connectivity index (χ1n) is 6.68. The number of furan rings is 1. The molecule has 0 bridgehead atoms. The minimum Gasteiger partial charge on any atom is -0.464 e. The zero-order valence-electron chi connectivity index (χ0n) is 11.3. The van der Waals surface area contributed by atoms with Crippen molar-refractivity contribution in [3.05, 3.63) is 70.9 Å². The molecule has 0 fully saturated rings. The summed E-state index contributed by atoms with van der Waals surface area (Å²) < 4.78 is 5.54. The molecule has 0 aliphatic rings. The van der Waals surface area contributed by atoms with Crippen molar-refractivity contribution in [2.75, 3.05) is 0 Å². The molecule has 0 saturated heterocycles. The number of benzene rings is 2. The van der Waals surface area contributed by atoms with Gasteiger partial charge in [-0.2, -0.15) is 0 Å². The van der Waals surface area contributed by atoms with E-state index in [0.29, 0.717) is 0 Å². The Morgan fingerprint density at radius 2 is 1.85 bits per heavy atom. The van der Waals surface area contributed by atoms with Crippen LogP contribution in [0.4, 0.5) is 0 Å². The molecule has 3 aromatic rings. The van der Waals surface area contributed by atoms with Crippen molar-refractivity contribution in [1.29, 1.82) is 0 Å². The first-order chi connectivity index (χ1) is 9.75. The quantitative estimate of drug-likeness (QED) is 0.735. The van der Waals surface area contributed by atoms with Crippen molar-refractivity contribution in [2.24, 2.45) is 0 Å². The van der Waals surface area contributed by atoms with Crippen LogP contribution in [-0.2, 0) is 6.54 Å². The van der Waals surface area contributed by atoms with E-state index in [9.17, 15) is 0 Å². The monoisotopic (exact) mass is 285 g/mol. The van der Waals surface area contributed by atoms with Gasteiger partial charge in [-0.3, -0.25) is 0 Å². The first kappa shape index (κ1) is 13.2. The Labute approximate surface area is 123 Å². The maximum absolute atomic E-state index is 6.22. The number of fused-ring (bicyclic) bond motifs is 1. The maximum atomic E-state index is 6.22. The van der Waals surface area contributed by atoms with E-state index in [2.05, 4.69) is 18.3 Å². The normalized spacial score (nSPS) is 12.7. The van der Waals surface area contributed by atoms with E-state index in [-0.39, 0.29) is 6.04 Å². The third-order valence-corrected chi connectivity index (χ3v) is 3.88. The Morgan fingerprint density at radius 3 is 2.70 bits per heavy atom. The summed E-state index contributed by atoms with van der Waals surface area (Å²) in [4.78, 5) is 0. The van der Waals surface area contributed by atoms with E-state index in [4.69, 9.17) is 16.0 Å². The van der Waals surface area contributed by atoms with Gasteiger partial charge in [-0.25, -0.2) is 0 Å². The third-order valence-electron chi connectivity index (χ3n) is 3.53. The van der Waals surface area contributed by atoms with E-state index >= 15 is 0 Å². The second-order valence-corrected chi connectivity index (χ2v) is 5.29. The Kier molecular flexibility index (Phi) is 3.77. The molecule has 102 valence electrons. The summed E-state index contributed by atoms with van der Waals surface area (Å²) in [6, 6.07) is 16.2. The van der Waals surface area contributed by atoms with E-state index in [1.165, 1.54) is 5.56 Å². The Balaban J connectivity index is 1.75. The highest BCUT2D eigenvalue weighted by Crippen LogP contribution is 2.24. The predicted octanol–water partition coefficient (Wildman–Crippen LogP) is 4.94. The highest BCUT2D eigenvalue weighted by atomic mass is 35.5. The lowest BCUT2D eigenvalue weighted by molar-refractivity contribution is 0.562. The number of nitrogens with one attached hydrogen (secondary N) is 1. The largest absolute Gasteiger partial charge is 0.464 e. The standard InChI is InChI=1S/C17H16ClNO/c1-12(14-6-2-4-8-16(14)18)19-10-13-11-20-17-9-5-3-7-15(13)17/h2-9,11-12,19H,10H2,1H3/t12-/m1/s1. The van der Waals surface area contributed by atoms with Crippen LogP contribution in [0.1, 0.15) is 24.1 Å². The Hall–Kier alpha value is -1.77. The fraction of sp³-hybridized carbons (Fsp3) is 0.176. The van der Waals surface area contributed by atoms with Crippen LogP contribution in [0, 0.1) is 0 Å². The summed E-state index contributed by atoms with van der Waals surface area (Å²) in [7, 11) is 0. The van der Waals surface area contributed by atoms with Crippen LogP contribution >= 0.6 is 11.6 Å². The molecule has 1 aromatic heterocycles. The van der Waals surface area contributed by atoms with Gasteiger partial charge in [-0.05, 0) is 24.6 Å². The second kappa shape index (κ2) is 5.70. The van der Waals surface area contributed by atoms with Crippen molar-refractivity contribution < 1.29 is 4.42 Å². The van der Waals surface area contributed by atoms with Gasteiger partial charge in [0.05, 0.1) is 6.26 Å². The number of rotatable bonds is 4. The molecule has 0 amide bonds. The zero-order valence-corrected chi connectivity index (χ0v) is 12.0. The van der Waals surface area contributed by atoms with Crippen LogP contribution < -0.4 is 5.32 Å². The Bertz CT molecular complexity index is 720. The van der Waals surface area contributed by atoms with E-state index < -0.39 is 0 Å². The van der Waals surface area contributed by atoms with Crippen LogP contribution in [0.5, 0.6) is 0 Å². The highest BCUT2D eigenvalue weighted by molar-refractivity contribution is 6.31. The van der Waals surface area contributed by atoms with Crippen molar-refractivity contribution in [2.45, 2.75) is 19.5 Å². The maximum Gasteiger partial charge on any atom is 0.134 e. The van der Waals surface area contributed by atoms with E-state index in [0.717, 1.165) is 28.1 Å². The molecule has 1 atom stereocenters. The third kappa shape index (κ3) is 2.58. The van der Waals surface area contributed by atoms with Crippen molar-refractivity contribution in [3.63, 3.8) is 0 Å². The van der Waals surface area contributed by atoms with Gasteiger partial charge in [0.2, 0.25) is 0 Å². The lowest BCUT2D eigenvalue weighted by Crippen LogP contribution is -2.18. The molecular weight excluding hydrogens is 270 g/mol. The molecule has 0 saturated carbocycles. The average molecular weight is 286 g/mol. The van der Waals surface area contributed by atoms with E-state index in [1.807, 2.05) is 48.7 Å². The van der Waals surface area contributed by atoms with Crippen molar-refractivity contribution >= 4 is 22.6 Å². The molecule has 3 rings (SSSR count). The summed E-state index contributed by atoms with van der Waals surface area (Å²) in [5, 5.41) is 5.44. The van der Waals surface area contributed by atoms with Crippen molar-refractivity contribution in [1.82, 2.24) is 5.32 Å². The van der Waals surface area contributed by atoms with Crippen molar-refractivity contribution in [3.8, 4) is 0 Å². The zero-order chi connectivity index (χ0) is 13.9. The topological polar surface area (TPSA) is 25.2 Å². The highest BCUT2D eigenvalue weighted by Gasteiger charge is 2.10. The molecule has 1 heterocycles. The number of hydrogen-bond donors (Lipinski definition) is 1. The fourth-order valence-electron chi connectivity index (χ4n) is 2.37. The van der Waals surface area contributed by atoms with Crippen LogP contribution in [-0.4, -0.2) is 0 Å². The number of hydrogen-bond acceptors (Lipinski definition) is 2. The summed E-state index contributed by atoms with van der Waals surface area (Å²) >= 11 is 6.22. The Morgan fingerprint density at radius 1 is 1.10 bits per heavy atom. The molecule has 0 radical (unpaired) electrons. The molecule has 3 heteroatoms. The van der Waals surface area contributed by atoms with Gasteiger partial charge in [0.1, 0.15) is 5.58 Å². The smallest absolute Gasteiger partial charge is 0.134 e. The van der Waals surface area contributed by atoms with Crippen LogP contribution in [0.3, 0.4) is 0 Å². The summed E-state index contributed by atoms with van der Waals surface area (Å²) in [5.74, 6) is 0. The van der Waals surface area contributed by atoms with Gasteiger partial charge in [-0.15, -0.1) is 0 Å². The molecular formula is C17H16ClNO. The second-order valence-electron chi connectivity index (χ2n) is 4.88. The van der Waals surface area contributed by atoms with Gasteiger partial charge in [0.25, 0.3) is 0 Å². The molecule has 0 spiro atoms. The SMILES string of the molecule is C[C@@H](NCc1coc2ccccc12)c1ccccc1Cl. The molecule has 0 aliphatic heterocycles. The fourth-order valence-corrected chi connectivity index (χ4v) is 2.67. The average Bonchev–Trinajstić information content (AvgIpc) is 2.88. The molecule has 0 aliphatic carbocycles.